The molecule has 6 nitrogen and oxygen atoms in total. The minimum atomic E-state index is -1.25. The van der Waals surface area contributed by atoms with Gasteiger partial charge in [0.1, 0.15) is 6.54 Å². The summed E-state index contributed by atoms with van der Waals surface area (Å²) in [6, 6.07) is 0. The number of aliphatic carboxylic acids is 1. The van der Waals surface area contributed by atoms with Crippen LogP contribution in [-0.2, 0) is 14.3 Å². The zero-order valence-corrected chi connectivity index (χ0v) is 18.8. The van der Waals surface area contributed by atoms with E-state index in [0.717, 1.165) is 38.5 Å². The molecule has 1 N–H and O–H groups in total. The highest BCUT2D eigenvalue weighted by atomic mass is 16.5. The average molecular weight is 412 g/mol. The number of carbonyl (C=O) groups excluding carboxylic acids is 2. The number of aliphatic hydroxyl groups is 1. The van der Waals surface area contributed by atoms with Crippen LogP contribution < -0.4 is 5.11 Å². The second-order valence-corrected chi connectivity index (χ2v) is 8.62. The Morgan fingerprint density at radius 1 is 1.00 bits per heavy atom. The number of nitrogens with zero attached hydrogens (tertiary/aromatic N) is 1. The molecule has 168 valence electrons. The van der Waals surface area contributed by atoms with E-state index in [9.17, 15) is 19.8 Å². The van der Waals surface area contributed by atoms with Crippen molar-refractivity contribution in [2.75, 3.05) is 27.7 Å². The fourth-order valence-corrected chi connectivity index (χ4v) is 2.96. The number of aliphatic hydroxyl groups excluding tert-OH is 1. The Kier molecular flexibility index (Phi) is 15.2. The minimum Gasteiger partial charge on any atom is -0.550 e. The number of carboxylic acids is 1. The Labute approximate surface area is 176 Å². The molecule has 0 aliphatic heterocycles. The first kappa shape index (κ1) is 27.3. The molecule has 0 radical (unpaired) electrons. The highest BCUT2D eigenvalue weighted by Gasteiger charge is 2.23. The van der Waals surface area contributed by atoms with E-state index in [-0.39, 0.29) is 12.8 Å². The summed E-state index contributed by atoms with van der Waals surface area (Å²) in [6.45, 7) is 2.54. The molecule has 0 rings (SSSR count). The van der Waals surface area contributed by atoms with Crippen molar-refractivity contribution in [3.63, 3.8) is 0 Å². The van der Waals surface area contributed by atoms with E-state index in [2.05, 4.69) is 31.2 Å². The number of ether oxygens (including phenoxy) is 1. The third-order valence-electron chi connectivity index (χ3n) is 4.32. The quantitative estimate of drug-likeness (QED) is 0.172. The number of hydrogen-bond acceptors (Lipinski definition) is 5. The van der Waals surface area contributed by atoms with Gasteiger partial charge in [-0.15, -0.1) is 0 Å². The summed E-state index contributed by atoms with van der Waals surface area (Å²) in [4.78, 5) is 22.9. The number of rotatable bonds is 17. The number of unbranched alkanes of at least 4 members (excludes halogenated alkanes) is 4. The third-order valence-corrected chi connectivity index (χ3v) is 4.32. The van der Waals surface area contributed by atoms with Crippen LogP contribution in [0.5, 0.6) is 0 Å². The molecule has 0 aromatic rings. The van der Waals surface area contributed by atoms with E-state index in [4.69, 9.17) is 4.74 Å². The van der Waals surface area contributed by atoms with Crippen molar-refractivity contribution >= 4 is 11.9 Å². The first-order chi connectivity index (χ1) is 13.6. The highest BCUT2D eigenvalue weighted by molar-refractivity contribution is 5.71. The topological polar surface area (TPSA) is 86.7 Å². The van der Waals surface area contributed by atoms with Gasteiger partial charge in [0.25, 0.3) is 0 Å². The molecule has 0 fully saturated rings. The van der Waals surface area contributed by atoms with Gasteiger partial charge in [-0.25, -0.2) is 0 Å². The Morgan fingerprint density at radius 2 is 1.66 bits per heavy atom. The van der Waals surface area contributed by atoms with E-state index >= 15 is 0 Å². The number of carboxylic acid groups (broad SMARTS) is 1. The normalized spacial score (nSPS) is 14.4. The molecule has 0 aromatic carbocycles. The molecule has 0 heterocycles. The Bertz CT molecular complexity index is 508. The molecule has 0 spiro atoms. The Hall–Kier alpha value is -1.66. The number of quaternary nitrogens is 1. The van der Waals surface area contributed by atoms with E-state index in [1.54, 1.807) is 0 Å². The van der Waals surface area contributed by atoms with Crippen LogP contribution in [-0.4, -0.2) is 61.4 Å². The second kappa shape index (κ2) is 16.2. The zero-order valence-electron chi connectivity index (χ0n) is 18.8. The Balaban J connectivity index is 3.97. The van der Waals surface area contributed by atoms with Gasteiger partial charge in [-0.05, 0) is 32.1 Å². The molecular formula is C23H41NO5. The number of hydrogen-bond donors (Lipinski definition) is 1. The lowest BCUT2D eigenvalue weighted by Crippen LogP contribution is -2.45. The number of allylic oxidation sites excluding steroid dienone is 4. The fraction of sp³-hybridized carbons (Fsp3) is 0.739. The van der Waals surface area contributed by atoms with E-state index in [1.165, 1.54) is 6.42 Å². The maximum atomic E-state index is 12.0. The van der Waals surface area contributed by atoms with Crippen LogP contribution >= 0.6 is 0 Å². The number of carbonyl (C=O) groups is 2. The fourth-order valence-electron chi connectivity index (χ4n) is 2.96. The zero-order chi connectivity index (χ0) is 22.1. The van der Waals surface area contributed by atoms with Crippen molar-refractivity contribution in [2.45, 2.75) is 83.3 Å². The lowest BCUT2D eigenvalue weighted by molar-refractivity contribution is -0.873. The number of likely N-dealkylation sites (N-methyl/N-ethyl adjacent to an activating group) is 1. The van der Waals surface area contributed by atoms with Crippen LogP contribution in [0.4, 0.5) is 0 Å². The minimum absolute atomic E-state index is 0.106. The average Bonchev–Trinajstić information content (AvgIpc) is 2.57. The number of esters is 1. The van der Waals surface area contributed by atoms with Crippen LogP contribution in [0.15, 0.2) is 24.3 Å². The van der Waals surface area contributed by atoms with Gasteiger partial charge in [-0.3, -0.25) is 4.79 Å². The van der Waals surface area contributed by atoms with Crippen LogP contribution in [0.2, 0.25) is 0 Å². The lowest BCUT2D eigenvalue weighted by Gasteiger charge is -2.29. The van der Waals surface area contributed by atoms with Gasteiger partial charge < -0.3 is 24.2 Å². The van der Waals surface area contributed by atoms with Crippen molar-refractivity contribution in [1.29, 1.82) is 0 Å². The molecule has 0 saturated heterocycles. The van der Waals surface area contributed by atoms with Crippen molar-refractivity contribution < 1.29 is 29.0 Å². The van der Waals surface area contributed by atoms with Gasteiger partial charge in [0.2, 0.25) is 0 Å². The molecule has 29 heavy (non-hydrogen) atoms. The first-order valence-corrected chi connectivity index (χ1v) is 10.8. The van der Waals surface area contributed by atoms with Crippen molar-refractivity contribution in [3.8, 4) is 0 Å². The third kappa shape index (κ3) is 19.4. The smallest absolute Gasteiger partial charge is 0.308 e. The monoisotopic (exact) mass is 411 g/mol. The molecular weight excluding hydrogens is 370 g/mol. The predicted octanol–water partition coefficient (Wildman–Crippen LogP) is 2.75. The predicted molar refractivity (Wildman–Crippen MR) is 114 cm³/mol. The van der Waals surface area contributed by atoms with Crippen molar-refractivity contribution in [3.05, 3.63) is 24.3 Å². The molecule has 0 aromatic heterocycles. The van der Waals surface area contributed by atoms with Crippen LogP contribution in [0.3, 0.4) is 0 Å². The summed E-state index contributed by atoms with van der Waals surface area (Å²) in [6.07, 6.45) is 14.6. The van der Waals surface area contributed by atoms with E-state index in [0.29, 0.717) is 17.4 Å². The van der Waals surface area contributed by atoms with E-state index < -0.39 is 24.1 Å². The van der Waals surface area contributed by atoms with Gasteiger partial charge in [0.15, 0.2) is 6.10 Å². The molecule has 6 heteroatoms. The summed E-state index contributed by atoms with van der Waals surface area (Å²) in [5, 5.41) is 20.9. The van der Waals surface area contributed by atoms with Crippen molar-refractivity contribution in [2.24, 2.45) is 0 Å². The summed E-state index contributed by atoms with van der Waals surface area (Å²) in [5.74, 6) is -1.81. The highest BCUT2D eigenvalue weighted by Crippen LogP contribution is 2.12. The molecule has 0 amide bonds. The SMILES string of the molecule is CCC/C=C\C/C=C\CCCCC[C@@H](O)CC(=O)O[C@H](CC(=O)[O-])C[N+](C)(C)C. The van der Waals surface area contributed by atoms with E-state index in [1.807, 2.05) is 21.1 Å². The summed E-state index contributed by atoms with van der Waals surface area (Å²) >= 11 is 0. The second-order valence-electron chi connectivity index (χ2n) is 8.62. The largest absolute Gasteiger partial charge is 0.550 e. The molecule has 0 aliphatic rings. The first-order valence-electron chi connectivity index (χ1n) is 10.8. The molecule has 0 saturated carbocycles. The van der Waals surface area contributed by atoms with Gasteiger partial charge in [0.05, 0.1) is 33.7 Å². The summed E-state index contributed by atoms with van der Waals surface area (Å²) < 4.78 is 5.73. The van der Waals surface area contributed by atoms with Gasteiger partial charge in [0, 0.05) is 12.4 Å². The molecule has 0 bridgehead atoms. The molecule has 0 unspecified atom stereocenters. The molecule has 0 aliphatic carbocycles. The standard InChI is InChI=1S/C23H41NO5/c1-5-6-7-8-9-10-11-12-13-14-15-16-20(25)17-23(28)29-21(18-22(26)27)19-24(2,3)4/h7-8,10-11,20-21,25H,5-6,9,12-19H2,1-4H3/b8-7-,11-10-/t20-,21-/m1/s1. The summed E-state index contributed by atoms with van der Waals surface area (Å²) in [7, 11) is 5.68. The van der Waals surface area contributed by atoms with Crippen LogP contribution in [0.1, 0.15) is 71.1 Å². The Morgan fingerprint density at radius 3 is 2.24 bits per heavy atom. The van der Waals surface area contributed by atoms with Crippen molar-refractivity contribution in [1.82, 2.24) is 0 Å². The lowest BCUT2D eigenvalue weighted by atomic mass is 10.1. The molecule has 2 atom stereocenters. The van der Waals surface area contributed by atoms with Gasteiger partial charge >= 0.3 is 5.97 Å². The maximum Gasteiger partial charge on any atom is 0.308 e. The van der Waals surface area contributed by atoms with Crippen LogP contribution in [0, 0.1) is 0 Å². The maximum absolute atomic E-state index is 12.0. The van der Waals surface area contributed by atoms with Gasteiger partial charge in [-0.2, -0.15) is 0 Å². The van der Waals surface area contributed by atoms with Gasteiger partial charge in [-0.1, -0.05) is 50.5 Å². The van der Waals surface area contributed by atoms with Crippen LogP contribution in [0.25, 0.3) is 0 Å². The summed E-state index contributed by atoms with van der Waals surface area (Å²) in [5.41, 5.74) is 0.